The molecule has 0 atom stereocenters. The Morgan fingerprint density at radius 2 is 1.08 bits per heavy atom. The minimum absolute atomic E-state index is 0.0568. The van der Waals surface area contributed by atoms with Gasteiger partial charge in [0.05, 0.1) is 0 Å². The number of aromatic nitrogens is 2. The Kier molecular flexibility index (Phi) is 4.74. The maximum absolute atomic E-state index is 4.46. The first kappa shape index (κ1) is 18.1. The molecule has 0 saturated heterocycles. The number of hydrogen-bond acceptors (Lipinski definition) is 2. The normalized spacial score (nSPS) is 12.4. The zero-order valence-electron chi connectivity index (χ0n) is 15.9. The first-order valence-electron chi connectivity index (χ1n) is 8.70. The van der Waals surface area contributed by atoms with Gasteiger partial charge in [-0.25, -0.2) is 0 Å². The first-order valence-corrected chi connectivity index (χ1v) is 10.3. The van der Waals surface area contributed by atoms with Gasteiger partial charge in [-0.3, -0.25) is 0 Å². The summed E-state index contributed by atoms with van der Waals surface area (Å²) in [5.74, 6) is 0. The van der Waals surface area contributed by atoms with Crippen molar-refractivity contribution < 1.29 is 0 Å². The molecular formula is C22H26N2Se. The van der Waals surface area contributed by atoms with E-state index in [2.05, 4.69) is 99.3 Å². The van der Waals surface area contributed by atoms with Crippen LogP contribution >= 0.6 is 0 Å². The van der Waals surface area contributed by atoms with Gasteiger partial charge in [0, 0.05) is 0 Å². The molecular weight excluding hydrogens is 371 g/mol. The fourth-order valence-electron chi connectivity index (χ4n) is 2.82. The van der Waals surface area contributed by atoms with Crippen LogP contribution in [-0.4, -0.2) is 23.9 Å². The molecule has 1 heterocycles. The average Bonchev–Trinajstić information content (AvgIpc) is 3.03. The van der Waals surface area contributed by atoms with Crippen molar-refractivity contribution >= 4 is 14.7 Å². The summed E-state index contributed by atoms with van der Waals surface area (Å²) >= 11 is 0.0568. The van der Waals surface area contributed by atoms with E-state index in [1.165, 1.54) is 21.1 Å². The maximum atomic E-state index is 4.46. The molecule has 0 N–H and O–H groups in total. The topological polar surface area (TPSA) is 25.8 Å². The van der Waals surface area contributed by atoms with Gasteiger partial charge in [-0.05, 0) is 0 Å². The second-order valence-electron chi connectivity index (χ2n) is 8.61. The molecule has 0 spiro atoms. The van der Waals surface area contributed by atoms with E-state index in [-0.39, 0.29) is 25.6 Å². The van der Waals surface area contributed by atoms with Crippen LogP contribution in [0.3, 0.4) is 0 Å². The molecule has 1 aromatic heterocycles. The number of hydrogen-bond donors (Lipinski definition) is 0. The van der Waals surface area contributed by atoms with E-state index in [0.717, 1.165) is 11.3 Å². The van der Waals surface area contributed by atoms with Crippen molar-refractivity contribution in [1.82, 2.24) is 9.19 Å². The van der Waals surface area contributed by atoms with Crippen LogP contribution in [0.2, 0.25) is 0 Å². The van der Waals surface area contributed by atoms with E-state index < -0.39 is 0 Å². The summed E-state index contributed by atoms with van der Waals surface area (Å²) in [6.45, 7) is 13.4. The average molecular weight is 397 g/mol. The summed E-state index contributed by atoms with van der Waals surface area (Å²) in [5, 5.41) is 4.46. The molecule has 130 valence electrons. The van der Waals surface area contributed by atoms with Crippen LogP contribution in [0, 0.1) is 0 Å². The van der Waals surface area contributed by atoms with Gasteiger partial charge in [-0.2, -0.15) is 0 Å². The molecule has 3 rings (SSSR count). The van der Waals surface area contributed by atoms with Gasteiger partial charge in [0.15, 0.2) is 0 Å². The molecule has 2 nitrogen and oxygen atoms in total. The Labute approximate surface area is 157 Å². The molecule has 3 aromatic rings. The third-order valence-corrected chi connectivity index (χ3v) is 6.15. The molecule has 0 aliphatic heterocycles. The SMILES string of the molecule is CC(C)(C)c1ccc(-c2nn[se]c2-c2ccc(C(C)(C)C)cc2)cc1. The van der Waals surface area contributed by atoms with Crippen molar-refractivity contribution in [2.24, 2.45) is 0 Å². The first-order chi connectivity index (χ1) is 11.7. The molecule has 0 amide bonds. The number of nitrogens with zero attached hydrogens (tertiary/aromatic N) is 2. The quantitative estimate of drug-likeness (QED) is 0.537. The Morgan fingerprint density at radius 3 is 1.52 bits per heavy atom. The summed E-state index contributed by atoms with van der Waals surface area (Å²) in [6.07, 6.45) is 0. The van der Waals surface area contributed by atoms with Crippen LogP contribution in [0.5, 0.6) is 0 Å². The standard InChI is InChI=1S/C22H26N2Se/c1-21(2,3)17-11-7-15(8-12-17)19-20(25-24-23-19)16-9-13-18(14-10-16)22(4,5)6/h7-14H,1-6H3. The van der Waals surface area contributed by atoms with E-state index in [1.807, 2.05) is 0 Å². The third-order valence-electron chi connectivity index (χ3n) is 4.53. The third kappa shape index (κ3) is 3.94. The van der Waals surface area contributed by atoms with Gasteiger partial charge in [0.25, 0.3) is 0 Å². The summed E-state index contributed by atoms with van der Waals surface area (Å²) in [6, 6.07) is 17.7. The van der Waals surface area contributed by atoms with Gasteiger partial charge < -0.3 is 0 Å². The van der Waals surface area contributed by atoms with Crippen LogP contribution in [0.25, 0.3) is 21.3 Å². The fraction of sp³-hybridized carbons (Fsp3) is 0.364. The Bertz CT molecular complexity index is 773. The van der Waals surface area contributed by atoms with Crippen molar-refractivity contribution in [2.75, 3.05) is 0 Å². The second-order valence-corrected chi connectivity index (χ2v) is 10.2. The molecule has 3 heteroatoms. The summed E-state index contributed by atoms with van der Waals surface area (Å²) < 4.78 is 5.63. The van der Waals surface area contributed by atoms with Crippen molar-refractivity contribution in [3.8, 4) is 21.3 Å². The van der Waals surface area contributed by atoms with Crippen LogP contribution in [0.1, 0.15) is 52.7 Å². The zero-order valence-corrected chi connectivity index (χ0v) is 17.6. The Hall–Kier alpha value is -1.70. The number of benzene rings is 2. The van der Waals surface area contributed by atoms with Gasteiger partial charge in [0.1, 0.15) is 0 Å². The van der Waals surface area contributed by atoms with Crippen molar-refractivity contribution in [2.45, 2.75) is 52.4 Å². The summed E-state index contributed by atoms with van der Waals surface area (Å²) in [4.78, 5) is 0. The van der Waals surface area contributed by atoms with Crippen LogP contribution < -0.4 is 0 Å². The Balaban J connectivity index is 1.96. The molecule has 0 fully saturated rings. The van der Waals surface area contributed by atoms with E-state index in [0.29, 0.717) is 0 Å². The van der Waals surface area contributed by atoms with E-state index >= 15 is 0 Å². The van der Waals surface area contributed by atoms with Crippen molar-refractivity contribution in [1.29, 1.82) is 0 Å². The van der Waals surface area contributed by atoms with E-state index in [1.54, 1.807) is 0 Å². The molecule has 25 heavy (non-hydrogen) atoms. The van der Waals surface area contributed by atoms with Gasteiger partial charge in [-0.15, -0.1) is 0 Å². The molecule has 0 unspecified atom stereocenters. The molecule has 0 aliphatic rings. The summed E-state index contributed by atoms with van der Waals surface area (Å²) in [7, 11) is 0. The van der Waals surface area contributed by atoms with Gasteiger partial charge in [-0.1, -0.05) is 0 Å². The molecule has 0 saturated carbocycles. The van der Waals surface area contributed by atoms with Crippen molar-refractivity contribution in [3.63, 3.8) is 0 Å². The van der Waals surface area contributed by atoms with Crippen LogP contribution in [-0.2, 0) is 10.8 Å². The molecule has 2 aromatic carbocycles. The predicted octanol–water partition coefficient (Wildman–Crippen LogP) is 5.46. The second kappa shape index (κ2) is 6.55. The Morgan fingerprint density at radius 1 is 0.640 bits per heavy atom. The van der Waals surface area contributed by atoms with E-state index in [9.17, 15) is 0 Å². The monoisotopic (exact) mass is 398 g/mol. The van der Waals surface area contributed by atoms with E-state index in [4.69, 9.17) is 0 Å². The number of rotatable bonds is 2. The van der Waals surface area contributed by atoms with Crippen molar-refractivity contribution in [3.05, 3.63) is 59.7 Å². The fourth-order valence-corrected chi connectivity index (χ4v) is 4.27. The zero-order chi connectivity index (χ0) is 18.2. The molecule has 0 radical (unpaired) electrons. The van der Waals surface area contributed by atoms with Gasteiger partial charge in [0.2, 0.25) is 0 Å². The molecule has 0 bridgehead atoms. The van der Waals surface area contributed by atoms with Crippen LogP contribution in [0.15, 0.2) is 48.5 Å². The minimum atomic E-state index is 0.0568. The predicted molar refractivity (Wildman–Crippen MR) is 107 cm³/mol. The van der Waals surface area contributed by atoms with Gasteiger partial charge >= 0.3 is 157 Å². The van der Waals surface area contributed by atoms with Crippen LogP contribution in [0.4, 0.5) is 0 Å². The molecule has 0 aliphatic carbocycles. The summed E-state index contributed by atoms with van der Waals surface area (Å²) in [5.41, 5.74) is 6.47.